The number of benzene rings is 1. The zero-order valence-electron chi connectivity index (χ0n) is 8.07. The lowest BCUT2D eigenvalue weighted by Crippen LogP contribution is -2.06. The first kappa shape index (κ1) is 9.54. The molecule has 1 aromatic rings. The minimum absolute atomic E-state index is 0.0494. The molecule has 0 heterocycles. The van der Waals surface area contributed by atoms with Gasteiger partial charge in [-0.3, -0.25) is 0 Å². The van der Waals surface area contributed by atoms with Crippen LogP contribution < -0.4 is 0 Å². The number of allylic oxidation sites excluding steroid dienone is 3. The van der Waals surface area contributed by atoms with Gasteiger partial charge in [-0.25, -0.2) is 0 Å². The van der Waals surface area contributed by atoms with Crippen LogP contribution in [0.1, 0.15) is 24.0 Å². The third kappa shape index (κ3) is 1.62. The summed E-state index contributed by atoms with van der Waals surface area (Å²) in [5.41, 5.74) is 2.55. The van der Waals surface area contributed by atoms with E-state index in [1.807, 2.05) is 31.2 Å². The minimum Gasteiger partial charge on any atom is -0.117 e. The molecule has 1 radical (unpaired) electrons. The molecular weight excluding hydrogens is 192 g/mol. The highest BCUT2D eigenvalue weighted by Gasteiger charge is 2.21. The van der Waals surface area contributed by atoms with E-state index < -0.39 is 0 Å². The van der Waals surface area contributed by atoms with Crippen LogP contribution in [0.2, 0.25) is 0 Å². The SMILES string of the molecule is C/C=C/C(Cl)C1C=Cc2cc[c]cc21. The van der Waals surface area contributed by atoms with Gasteiger partial charge in [-0.1, -0.05) is 36.4 Å². The summed E-state index contributed by atoms with van der Waals surface area (Å²) >= 11 is 6.26. The predicted octanol–water partition coefficient (Wildman–Crippen LogP) is 3.78. The van der Waals surface area contributed by atoms with E-state index in [1.54, 1.807) is 0 Å². The summed E-state index contributed by atoms with van der Waals surface area (Å²) in [6, 6.07) is 9.13. The predicted molar refractivity (Wildman–Crippen MR) is 61.5 cm³/mol. The van der Waals surface area contributed by atoms with Gasteiger partial charge in [0.2, 0.25) is 0 Å². The quantitative estimate of drug-likeness (QED) is 0.507. The van der Waals surface area contributed by atoms with Crippen LogP contribution in [0.15, 0.2) is 36.4 Å². The van der Waals surface area contributed by atoms with Crippen LogP contribution in [-0.4, -0.2) is 5.38 Å². The molecule has 2 rings (SSSR count). The first-order valence-electron chi connectivity index (χ1n) is 4.78. The van der Waals surface area contributed by atoms with Gasteiger partial charge in [0.25, 0.3) is 0 Å². The molecule has 0 aliphatic heterocycles. The fourth-order valence-electron chi connectivity index (χ4n) is 1.79. The van der Waals surface area contributed by atoms with E-state index >= 15 is 0 Å². The molecule has 0 fully saturated rings. The molecular formula is C13H12Cl. The molecule has 0 nitrogen and oxygen atoms in total. The molecule has 0 N–H and O–H groups in total. The summed E-state index contributed by atoms with van der Waals surface area (Å²) in [6.45, 7) is 1.99. The van der Waals surface area contributed by atoms with Crippen LogP contribution in [0.4, 0.5) is 0 Å². The van der Waals surface area contributed by atoms with Crippen molar-refractivity contribution in [3.63, 3.8) is 0 Å². The largest absolute Gasteiger partial charge is 0.117 e. The number of rotatable bonds is 2. The Bertz CT molecular complexity index is 377. The van der Waals surface area contributed by atoms with Crippen molar-refractivity contribution < 1.29 is 0 Å². The average Bonchev–Trinajstić information content (AvgIpc) is 2.61. The van der Waals surface area contributed by atoms with Gasteiger partial charge in [-0.2, -0.15) is 0 Å². The maximum absolute atomic E-state index is 6.26. The van der Waals surface area contributed by atoms with Crippen molar-refractivity contribution >= 4 is 17.7 Å². The second-order valence-electron chi connectivity index (χ2n) is 3.41. The van der Waals surface area contributed by atoms with E-state index in [-0.39, 0.29) is 5.38 Å². The summed E-state index contributed by atoms with van der Waals surface area (Å²) in [6.07, 6.45) is 8.32. The van der Waals surface area contributed by atoms with Crippen molar-refractivity contribution in [2.24, 2.45) is 0 Å². The van der Waals surface area contributed by atoms with Gasteiger partial charge in [0.05, 0.1) is 5.38 Å². The number of hydrogen-bond donors (Lipinski definition) is 0. The Morgan fingerprint density at radius 1 is 1.57 bits per heavy atom. The standard InChI is InChI=1S/C13H12Cl/c1-2-5-13(14)12-9-8-10-6-3-4-7-11(10)12/h2-3,5-9,12-13H,1H3/b5-2+. The van der Waals surface area contributed by atoms with Crippen LogP contribution >= 0.6 is 11.6 Å². The van der Waals surface area contributed by atoms with Gasteiger partial charge >= 0.3 is 0 Å². The van der Waals surface area contributed by atoms with Gasteiger partial charge < -0.3 is 0 Å². The van der Waals surface area contributed by atoms with Crippen LogP contribution in [0.5, 0.6) is 0 Å². The molecule has 0 amide bonds. The highest BCUT2D eigenvalue weighted by molar-refractivity contribution is 6.22. The molecule has 1 aromatic carbocycles. The van der Waals surface area contributed by atoms with Gasteiger partial charge in [-0.05, 0) is 30.2 Å². The van der Waals surface area contributed by atoms with E-state index in [4.69, 9.17) is 11.6 Å². The van der Waals surface area contributed by atoms with E-state index in [0.29, 0.717) is 5.92 Å². The van der Waals surface area contributed by atoms with Crippen LogP contribution in [-0.2, 0) is 0 Å². The van der Waals surface area contributed by atoms with Crippen molar-refractivity contribution in [3.05, 3.63) is 53.6 Å². The Morgan fingerprint density at radius 2 is 2.43 bits per heavy atom. The zero-order chi connectivity index (χ0) is 9.97. The normalized spacial score (nSPS) is 21.4. The molecule has 1 heteroatoms. The highest BCUT2D eigenvalue weighted by atomic mass is 35.5. The molecule has 71 valence electrons. The maximum Gasteiger partial charge on any atom is 0.0619 e. The van der Waals surface area contributed by atoms with Crippen LogP contribution in [0, 0.1) is 6.07 Å². The van der Waals surface area contributed by atoms with Crippen molar-refractivity contribution in [3.8, 4) is 0 Å². The summed E-state index contributed by atoms with van der Waals surface area (Å²) in [7, 11) is 0. The lowest BCUT2D eigenvalue weighted by molar-refractivity contribution is 0.886. The Morgan fingerprint density at radius 3 is 3.21 bits per heavy atom. The number of fused-ring (bicyclic) bond motifs is 1. The van der Waals surface area contributed by atoms with Gasteiger partial charge in [0.15, 0.2) is 0 Å². The summed E-state index contributed by atoms with van der Waals surface area (Å²) in [5.74, 6) is 0.306. The molecule has 0 bridgehead atoms. The summed E-state index contributed by atoms with van der Waals surface area (Å²) in [4.78, 5) is 0. The smallest absolute Gasteiger partial charge is 0.0619 e. The number of halogens is 1. The Kier molecular flexibility index (Phi) is 2.74. The van der Waals surface area contributed by atoms with Gasteiger partial charge in [0, 0.05) is 5.92 Å². The molecule has 0 aromatic heterocycles. The second kappa shape index (κ2) is 4.02. The van der Waals surface area contributed by atoms with Crippen molar-refractivity contribution in [2.75, 3.05) is 0 Å². The molecule has 2 unspecified atom stereocenters. The summed E-state index contributed by atoms with van der Waals surface area (Å²) < 4.78 is 0. The van der Waals surface area contributed by atoms with Crippen LogP contribution in [0.25, 0.3) is 6.08 Å². The fourth-order valence-corrected chi connectivity index (χ4v) is 2.15. The topological polar surface area (TPSA) is 0 Å². The minimum atomic E-state index is 0.0494. The zero-order valence-corrected chi connectivity index (χ0v) is 8.83. The maximum atomic E-state index is 6.26. The molecule has 2 atom stereocenters. The highest BCUT2D eigenvalue weighted by Crippen LogP contribution is 2.34. The van der Waals surface area contributed by atoms with Gasteiger partial charge in [-0.15, -0.1) is 11.6 Å². The Balaban J connectivity index is 2.30. The molecule has 0 saturated carbocycles. The van der Waals surface area contributed by atoms with Crippen molar-refractivity contribution in [2.45, 2.75) is 18.2 Å². The molecule has 1 aliphatic carbocycles. The first-order chi connectivity index (χ1) is 6.83. The third-order valence-electron chi connectivity index (χ3n) is 2.49. The lowest BCUT2D eigenvalue weighted by atomic mass is 9.97. The van der Waals surface area contributed by atoms with Crippen molar-refractivity contribution in [1.29, 1.82) is 0 Å². The number of alkyl halides is 1. The molecule has 1 aliphatic rings. The van der Waals surface area contributed by atoms with Crippen molar-refractivity contribution in [1.82, 2.24) is 0 Å². The molecule has 0 saturated heterocycles. The van der Waals surface area contributed by atoms with E-state index in [0.717, 1.165) is 0 Å². The molecule has 0 spiro atoms. The fraction of sp³-hybridized carbons (Fsp3) is 0.231. The Hall–Kier alpha value is -1.01. The average molecular weight is 204 g/mol. The van der Waals surface area contributed by atoms with E-state index in [9.17, 15) is 0 Å². The number of hydrogen-bond acceptors (Lipinski definition) is 0. The Labute approximate surface area is 89.9 Å². The second-order valence-corrected chi connectivity index (χ2v) is 3.91. The van der Waals surface area contributed by atoms with Crippen LogP contribution in [0.3, 0.4) is 0 Å². The monoisotopic (exact) mass is 203 g/mol. The summed E-state index contributed by atoms with van der Waals surface area (Å²) in [5, 5.41) is 0.0494. The third-order valence-corrected chi connectivity index (χ3v) is 2.91. The first-order valence-corrected chi connectivity index (χ1v) is 5.21. The molecule has 14 heavy (non-hydrogen) atoms. The van der Waals surface area contributed by atoms with Gasteiger partial charge in [0.1, 0.15) is 0 Å². The lowest BCUT2D eigenvalue weighted by Gasteiger charge is -2.13. The van der Waals surface area contributed by atoms with E-state index in [1.165, 1.54) is 11.1 Å². The van der Waals surface area contributed by atoms with E-state index in [2.05, 4.69) is 24.3 Å².